The summed E-state index contributed by atoms with van der Waals surface area (Å²) in [6.07, 6.45) is 2.15. The second-order valence-electron chi connectivity index (χ2n) is 5.34. The average molecular weight is 269 g/mol. The summed E-state index contributed by atoms with van der Waals surface area (Å²) in [6, 6.07) is -0.0277. The SMILES string of the molecule is CCOC(=O)N1[C@H]2CC[C@H](OC(C)=O)[C@@H]1C[C@H]1O[C@H]12. The Hall–Kier alpha value is -1.30. The number of amides is 1. The third kappa shape index (κ3) is 2.18. The van der Waals surface area contributed by atoms with Crippen LogP contribution in [0.2, 0.25) is 0 Å². The minimum absolute atomic E-state index is 0.0783. The molecule has 0 aromatic rings. The van der Waals surface area contributed by atoms with Gasteiger partial charge in [0.1, 0.15) is 12.2 Å². The molecule has 3 aliphatic heterocycles. The van der Waals surface area contributed by atoms with Crippen molar-refractivity contribution in [3.05, 3.63) is 0 Å². The number of piperidine rings is 2. The van der Waals surface area contributed by atoms with Crippen LogP contribution >= 0.6 is 0 Å². The summed E-state index contributed by atoms with van der Waals surface area (Å²) in [4.78, 5) is 25.0. The van der Waals surface area contributed by atoms with Crippen LogP contribution in [0.25, 0.3) is 0 Å². The number of hydrogen-bond acceptors (Lipinski definition) is 5. The molecule has 6 heteroatoms. The predicted molar refractivity (Wildman–Crippen MR) is 64.5 cm³/mol. The molecule has 3 aliphatic rings. The van der Waals surface area contributed by atoms with Crippen molar-refractivity contribution >= 4 is 12.1 Å². The summed E-state index contributed by atoms with van der Waals surface area (Å²) < 4.78 is 16.1. The molecule has 0 unspecified atom stereocenters. The maximum absolute atomic E-state index is 12.1. The zero-order chi connectivity index (χ0) is 13.6. The lowest BCUT2D eigenvalue weighted by molar-refractivity contribution is -0.154. The molecule has 1 amide bonds. The Bertz CT molecular complexity index is 398. The number of esters is 1. The van der Waals surface area contributed by atoms with Crippen LogP contribution in [0, 0.1) is 0 Å². The molecule has 0 spiro atoms. The fourth-order valence-electron chi connectivity index (χ4n) is 3.42. The quantitative estimate of drug-likeness (QED) is 0.554. The van der Waals surface area contributed by atoms with Gasteiger partial charge in [0.25, 0.3) is 0 Å². The summed E-state index contributed by atoms with van der Waals surface area (Å²) in [5.41, 5.74) is 0. The van der Waals surface area contributed by atoms with E-state index in [0.29, 0.717) is 6.61 Å². The first-order chi connectivity index (χ1) is 9.11. The van der Waals surface area contributed by atoms with Crippen molar-refractivity contribution in [2.24, 2.45) is 0 Å². The van der Waals surface area contributed by atoms with Crippen LogP contribution in [0.3, 0.4) is 0 Å². The maximum Gasteiger partial charge on any atom is 0.410 e. The second kappa shape index (κ2) is 4.67. The second-order valence-corrected chi connectivity index (χ2v) is 5.34. The Morgan fingerprint density at radius 3 is 2.79 bits per heavy atom. The molecular weight excluding hydrogens is 250 g/mol. The molecule has 0 aliphatic carbocycles. The first-order valence-electron chi connectivity index (χ1n) is 6.89. The highest BCUT2D eigenvalue weighted by molar-refractivity contribution is 5.70. The van der Waals surface area contributed by atoms with Gasteiger partial charge in [-0.1, -0.05) is 0 Å². The van der Waals surface area contributed by atoms with E-state index in [-0.39, 0.29) is 42.5 Å². The van der Waals surface area contributed by atoms with Crippen LogP contribution in [0.1, 0.15) is 33.1 Å². The molecule has 3 rings (SSSR count). The smallest absolute Gasteiger partial charge is 0.410 e. The first kappa shape index (κ1) is 12.7. The zero-order valence-electron chi connectivity index (χ0n) is 11.2. The summed E-state index contributed by atoms with van der Waals surface area (Å²) >= 11 is 0. The van der Waals surface area contributed by atoms with Crippen molar-refractivity contribution in [2.45, 2.75) is 63.5 Å². The van der Waals surface area contributed by atoms with Gasteiger partial charge in [-0.05, 0) is 19.8 Å². The highest BCUT2D eigenvalue weighted by atomic mass is 16.6. The zero-order valence-corrected chi connectivity index (χ0v) is 11.2. The number of nitrogens with zero attached hydrogens (tertiary/aromatic N) is 1. The minimum Gasteiger partial charge on any atom is -0.460 e. The third-order valence-corrected chi connectivity index (χ3v) is 4.16. The van der Waals surface area contributed by atoms with E-state index in [9.17, 15) is 9.59 Å². The Morgan fingerprint density at radius 2 is 2.11 bits per heavy atom. The lowest BCUT2D eigenvalue weighted by atomic mass is 9.83. The molecule has 0 N–H and O–H groups in total. The summed E-state index contributed by atoms with van der Waals surface area (Å²) in [5, 5.41) is 0. The van der Waals surface area contributed by atoms with Crippen molar-refractivity contribution in [1.29, 1.82) is 0 Å². The van der Waals surface area contributed by atoms with Gasteiger partial charge in [-0.25, -0.2) is 4.79 Å². The van der Waals surface area contributed by atoms with Crippen molar-refractivity contribution < 1.29 is 23.8 Å². The van der Waals surface area contributed by atoms with Gasteiger partial charge in [0.15, 0.2) is 0 Å². The fourth-order valence-corrected chi connectivity index (χ4v) is 3.42. The van der Waals surface area contributed by atoms with Crippen LogP contribution in [-0.2, 0) is 19.0 Å². The van der Waals surface area contributed by atoms with Crippen molar-refractivity contribution in [3.8, 4) is 0 Å². The Balaban J connectivity index is 1.79. The highest BCUT2D eigenvalue weighted by Crippen LogP contribution is 2.45. The molecule has 5 atom stereocenters. The van der Waals surface area contributed by atoms with Gasteiger partial charge in [0.2, 0.25) is 0 Å². The van der Waals surface area contributed by atoms with Crippen molar-refractivity contribution in [1.82, 2.24) is 4.90 Å². The number of carbonyl (C=O) groups excluding carboxylic acids is 2. The number of hydrogen-bond donors (Lipinski definition) is 0. The van der Waals surface area contributed by atoms with Gasteiger partial charge >= 0.3 is 12.1 Å². The fraction of sp³-hybridized carbons (Fsp3) is 0.846. The standard InChI is InChI=1S/C13H19NO5/c1-3-17-13(16)14-8-4-5-10(18-7(2)15)9(14)6-11-12(8)19-11/h8-12H,3-6H2,1-2H3/t8-,9-,10-,11+,12-/m0/s1. The van der Waals surface area contributed by atoms with E-state index in [2.05, 4.69) is 0 Å². The van der Waals surface area contributed by atoms with Gasteiger partial charge in [-0.2, -0.15) is 0 Å². The molecule has 19 heavy (non-hydrogen) atoms. The van der Waals surface area contributed by atoms with Gasteiger partial charge in [0.05, 0.1) is 24.8 Å². The minimum atomic E-state index is -0.316. The summed E-state index contributed by atoms with van der Waals surface area (Å²) in [6.45, 7) is 3.54. The molecule has 0 aromatic heterocycles. The van der Waals surface area contributed by atoms with Crippen molar-refractivity contribution in [3.63, 3.8) is 0 Å². The van der Waals surface area contributed by atoms with Crippen molar-refractivity contribution in [2.75, 3.05) is 6.61 Å². The van der Waals surface area contributed by atoms with E-state index < -0.39 is 0 Å². The third-order valence-electron chi connectivity index (χ3n) is 4.16. The molecule has 3 saturated heterocycles. The number of rotatable bonds is 2. The van der Waals surface area contributed by atoms with Crippen LogP contribution in [0.4, 0.5) is 4.79 Å². The van der Waals surface area contributed by atoms with E-state index in [0.717, 1.165) is 19.3 Å². The maximum atomic E-state index is 12.1. The van der Waals surface area contributed by atoms with Crippen LogP contribution < -0.4 is 0 Å². The molecule has 6 nitrogen and oxygen atoms in total. The molecule has 0 saturated carbocycles. The molecular formula is C13H19NO5. The molecule has 0 aromatic carbocycles. The normalized spacial score (nSPS) is 39.3. The Kier molecular flexibility index (Phi) is 3.12. The number of fused-ring (bicyclic) bond motifs is 4. The van der Waals surface area contributed by atoms with E-state index in [1.807, 2.05) is 0 Å². The van der Waals surface area contributed by atoms with Crippen LogP contribution in [0.15, 0.2) is 0 Å². The Labute approximate surface area is 112 Å². The predicted octanol–water partition coefficient (Wildman–Crippen LogP) is 1.08. The molecule has 3 fully saturated rings. The monoisotopic (exact) mass is 269 g/mol. The van der Waals surface area contributed by atoms with Gasteiger partial charge in [-0.15, -0.1) is 0 Å². The number of ether oxygens (including phenoxy) is 3. The lowest BCUT2D eigenvalue weighted by Gasteiger charge is -2.46. The summed E-state index contributed by atoms with van der Waals surface area (Å²) in [7, 11) is 0. The molecule has 0 radical (unpaired) electrons. The van der Waals surface area contributed by atoms with Gasteiger partial charge < -0.3 is 14.2 Å². The molecule has 2 bridgehead atoms. The van der Waals surface area contributed by atoms with E-state index >= 15 is 0 Å². The van der Waals surface area contributed by atoms with Gasteiger partial charge in [-0.3, -0.25) is 9.69 Å². The van der Waals surface area contributed by atoms with Crippen LogP contribution in [-0.4, -0.2) is 54.0 Å². The average Bonchev–Trinajstić information content (AvgIpc) is 3.10. The van der Waals surface area contributed by atoms with Crippen LogP contribution in [0.5, 0.6) is 0 Å². The molecule has 106 valence electrons. The Morgan fingerprint density at radius 1 is 1.32 bits per heavy atom. The van der Waals surface area contributed by atoms with E-state index in [4.69, 9.17) is 14.2 Å². The highest BCUT2D eigenvalue weighted by Gasteiger charge is 2.59. The van der Waals surface area contributed by atoms with E-state index in [1.165, 1.54) is 6.92 Å². The molecule has 3 heterocycles. The topological polar surface area (TPSA) is 68.4 Å². The lowest BCUT2D eigenvalue weighted by Crippen LogP contribution is -2.61. The number of epoxide rings is 1. The first-order valence-corrected chi connectivity index (χ1v) is 6.89. The summed E-state index contributed by atoms with van der Waals surface area (Å²) in [5.74, 6) is -0.300. The van der Waals surface area contributed by atoms with Gasteiger partial charge in [0, 0.05) is 13.3 Å². The van der Waals surface area contributed by atoms with E-state index in [1.54, 1.807) is 11.8 Å². The largest absolute Gasteiger partial charge is 0.460 e. The number of carbonyl (C=O) groups is 2.